The number of methoxy groups -OCH3 is 1. The van der Waals surface area contributed by atoms with Gasteiger partial charge in [0.2, 0.25) is 15.9 Å². The molecule has 3 aromatic carbocycles. The maximum atomic E-state index is 13.5. The molecular formula is C26H25FN4O4S. The van der Waals surface area contributed by atoms with Crippen LogP contribution in [0.25, 0.3) is 16.6 Å². The van der Waals surface area contributed by atoms with Gasteiger partial charge >= 0.3 is 0 Å². The summed E-state index contributed by atoms with van der Waals surface area (Å²) in [5.74, 6) is -0.461. The molecule has 0 spiro atoms. The summed E-state index contributed by atoms with van der Waals surface area (Å²) in [6.07, 6.45) is 2.77. The number of carbonyl (C=O) groups excluding carboxylic acids is 1. The monoisotopic (exact) mass is 508 g/mol. The van der Waals surface area contributed by atoms with E-state index in [1.165, 1.54) is 12.1 Å². The zero-order chi connectivity index (χ0) is 25.6. The number of anilines is 1. The van der Waals surface area contributed by atoms with Crippen molar-refractivity contribution in [1.82, 2.24) is 14.5 Å². The van der Waals surface area contributed by atoms with Gasteiger partial charge in [-0.25, -0.2) is 22.2 Å². The molecule has 1 saturated heterocycles. The number of nitrogens with one attached hydrogen (secondary N) is 1. The fourth-order valence-corrected chi connectivity index (χ4v) is 5.59. The van der Waals surface area contributed by atoms with Crippen LogP contribution in [0.15, 0.2) is 72.9 Å². The van der Waals surface area contributed by atoms with Crippen LogP contribution in [0.3, 0.4) is 0 Å². The van der Waals surface area contributed by atoms with E-state index in [0.717, 1.165) is 22.7 Å². The minimum atomic E-state index is -3.58. The number of rotatable bonds is 6. The number of benzene rings is 3. The third kappa shape index (κ3) is 4.33. The maximum absolute atomic E-state index is 13.5. The summed E-state index contributed by atoms with van der Waals surface area (Å²) >= 11 is 0. The third-order valence-corrected chi connectivity index (χ3v) is 7.19. The van der Waals surface area contributed by atoms with Gasteiger partial charge in [0, 0.05) is 11.1 Å². The van der Waals surface area contributed by atoms with Crippen molar-refractivity contribution in [2.75, 3.05) is 18.3 Å². The Morgan fingerprint density at radius 1 is 1.00 bits per heavy atom. The van der Waals surface area contributed by atoms with Gasteiger partial charge in [0.25, 0.3) is 0 Å². The Morgan fingerprint density at radius 3 is 2.31 bits per heavy atom. The molecule has 0 saturated carbocycles. The number of hydrogen-bond donors (Lipinski definition) is 1. The second kappa shape index (κ2) is 9.03. The molecule has 36 heavy (non-hydrogen) atoms. The maximum Gasteiger partial charge on any atom is 0.232 e. The summed E-state index contributed by atoms with van der Waals surface area (Å²) in [5.41, 5.74) is 2.89. The van der Waals surface area contributed by atoms with Crippen molar-refractivity contribution in [2.45, 2.75) is 19.0 Å². The van der Waals surface area contributed by atoms with Crippen molar-refractivity contribution in [3.05, 3.63) is 84.3 Å². The Hall–Kier alpha value is -3.76. The van der Waals surface area contributed by atoms with E-state index in [1.54, 1.807) is 54.1 Å². The molecule has 186 valence electrons. The minimum Gasteiger partial charge on any atom is -0.497 e. The average Bonchev–Trinajstić information content (AvgIpc) is 3.38. The van der Waals surface area contributed by atoms with Crippen molar-refractivity contribution >= 4 is 32.5 Å². The normalized spacial score (nSPS) is 20.3. The van der Waals surface area contributed by atoms with E-state index in [2.05, 4.69) is 9.82 Å². The van der Waals surface area contributed by atoms with Crippen LogP contribution < -0.4 is 14.4 Å². The Labute approximate surface area is 208 Å². The van der Waals surface area contributed by atoms with Crippen LogP contribution in [0.5, 0.6) is 5.75 Å². The molecule has 8 nitrogen and oxygen atoms in total. The van der Waals surface area contributed by atoms with E-state index in [1.807, 2.05) is 30.3 Å². The highest BCUT2D eigenvalue weighted by Crippen LogP contribution is 2.41. The molecule has 1 aliphatic rings. The van der Waals surface area contributed by atoms with Crippen LogP contribution in [0.4, 0.5) is 10.1 Å². The number of sulfonamides is 1. The Morgan fingerprint density at radius 2 is 1.67 bits per heavy atom. The molecule has 0 bridgehead atoms. The lowest BCUT2D eigenvalue weighted by atomic mass is 9.95. The molecule has 1 amide bonds. The number of hydrogen-bond acceptors (Lipinski definition) is 5. The molecule has 1 fully saturated rings. The number of fused-ring (bicyclic) bond motifs is 1. The fraction of sp³-hybridized carbons (Fsp3) is 0.231. The summed E-state index contributed by atoms with van der Waals surface area (Å²) in [4.78, 5) is 15.2. The number of carbonyl (C=O) groups is 1. The van der Waals surface area contributed by atoms with E-state index in [-0.39, 0.29) is 11.7 Å². The molecule has 0 unspecified atom stereocenters. The van der Waals surface area contributed by atoms with E-state index in [0.29, 0.717) is 17.1 Å². The molecule has 1 N–H and O–H groups in total. The molecule has 3 atom stereocenters. The zero-order valence-corrected chi connectivity index (χ0v) is 20.7. The number of amides is 1. The second-order valence-corrected chi connectivity index (χ2v) is 10.7. The fourth-order valence-electron chi connectivity index (χ4n) is 4.76. The SMILES string of the molecule is COc1ccc([C@@H]2[C@@H](NS(C)(=O)=O)[C@H](C)C(=O)N2c2ccc3c(cnn3-c3ccc(F)cc3)c2)cc1. The van der Waals surface area contributed by atoms with E-state index in [9.17, 15) is 17.6 Å². The molecule has 4 aromatic rings. The summed E-state index contributed by atoms with van der Waals surface area (Å²) in [7, 11) is -2.01. The molecule has 1 aromatic heterocycles. The smallest absolute Gasteiger partial charge is 0.232 e. The number of halogens is 1. The molecule has 1 aliphatic heterocycles. The van der Waals surface area contributed by atoms with Gasteiger partial charge < -0.3 is 9.64 Å². The first-order valence-electron chi connectivity index (χ1n) is 11.3. The highest BCUT2D eigenvalue weighted by atomic mass is 32.2. The third-order valence-electron chi connectivity index (χ3n) is 6.49. The van der Waals surface area contributed by atoms with Crippen LogP contribution in [-0.4, -0.2) is 43.5 Å². The van der Waals surface area contributed by atoms with Crippen molar-refractivity contribution in [1.29, 1.82) is 0 Å². The van der Waals surface area contributed by atoms with E-state index >= 15 is 0 Å². The summed E-state index contributed by atoms with van der Waals surface area (Å²) in [6.45, 7) is 1.73. The van der Waals surface area contributed by atoms with Gasteiger partial charge in [-0.15, -0.1) is 0 Å². The lowest BCUT2D eigenvalue weighted by Crippen LogP contribution is -2.41. The Bertz CT molecular complexity index is 1530. The average molecular weight is 509 g/mol. The summed E-state index contributed by atoms with van der Waals surface area (Å²) in [6, 6.07) is 17.5. The van der Waals surface area contributed by atoms with Crippen LogP contribution in [-0.2, 0) is 14.8 Å². The molecule has 5 rings (SSSR count). The van der Waals surface area contributed by atoms with Crippen LogP contribution >= 0.6 is 0 Å². The van der Waals surface area contributed by atoms with Crippen LogP contribution in [0.2, 0.25) is 0 Å². The van der Waals surface area contributed by atoms with Crippen LogP contribution in [0.1, 0.15) is 18.5 Å². The number of aromatic nitrogens is 2. The first-order chi connectivity index (χ1) is 17.2. The van der Waals surface area contributed by atoms with Crippen molar-refractivity contribution < 1.29 is 22.3 Å². The van der Waals surface area contributed by atoms with Gasteiger partial charge in [-0.2, -0.15) is 5.10 Å². The highest BCUT2D eigenvalue weighted by Gasteiger charge is 2.48. The highest BCUT2D eigenvalue weighted by molar-refractivity contribution is 7.88. The quantitative estimate of drug-likeness (QED) is 0.428. The predicted molar refractivity (Wildman–Crippen MR) is 135 cm³/mol. The zero-order valence-electron chi connectivity index (χ0n) is 19.9. The molecule has 0 radical (unpaired) electrons. The molecule has 10 heteroatoms. The molecule has 0 aliphatic carbocycles. The van der Waals surface area contributed by atoms with E-state index < -0.39 is 28.0 Å². The van der Waals surface area contributed by atoms with Gasteiger partial charge in [-0.05, 0) is 60.2 Å². The minimum absolute atomic E-state index is 0.192. The van der Waals surface area contributed by atoms with Crippen molar-refractivity contribution in [3.8, 4) is 11.4 Å². The Balaban J connectivity index is 1.59. The van der Waals surface area contributed by atoms with Gasteiger partial charge in [0.1, 0.15) is 11.6 Å². The lowest BCUT2D eigenvalue weighted by molar-refractivity contribution is -0.120. The summed E-state index contributed by atoms with van der Waals surface area (Å²) in [5, 5.41) is 5.22. The summed E-state index contributed by atoms with van der Waals surface area (Å²) < 4.78 is 47.4. The number of nitrogens with zero attached hydrogens (tertiary/aromatic N) is 3. The van der Waals surface area contributed by atoms with Crippen LogP contribution in [0, 0.1) is 11.7 Å². The predicted octanol–water partition coefficient (Wildman–Crippen LogP) is 3.82. The molecule has 2 heterocycles. The standard InChI is InChI=1S/C26H25FN4O4S/c1-16-24(29-36(3,33)34)25(17-4-11-22(35-2)12-5-17)30(26(16)32)21-10-13-23-18(14-21)15-28-31(23)20-8-6-19(27)7-9-20/h4-16,24-25,29H,1-3H3/t16-,24-,25+/m0/s1. The topological polar surface area (TPSA) is 93.5 Å². The second-order valence-electron chi connectivity index (χ2n) is 8.91. The largest absolute Gasteiger partial charge is 0.497 e. The number of ether oxygens (including phenoxy) is 1. The van der Waals surface area contributed by atoms with Crippen molar-refractivity contribution in [3.63, 3.8) is 0 Å². The lowest BCUT2D eigenvalue weighted by Gasteiger charge is -2.29. The van der Waals surface area contributed by atoms with Gasteiger partial charge in [0.15, 0.2) is 0 Å². The Kier molecular flexibility index (Phi) is 6.01. The van der Waals surface area contributed by atoms with Gasteiger partial charge in [-0.3, -0.25) is 4.79 Å². The van der Waals surface area contributed by atoms with E-state index in [4.69, 9.17) is 4.74 Å². The molecular weight excluding hydrogens is 483 g/mol. The first kappa shape index (κ1) is 24.0. The van der Waals surface area contributed by atoms with Gasteiger partial charge in [0.05, 0.1) is 48.8 Å². The van der Waals surface area contributed by atoms with Gasteiger partial charge in [-0.1, -0.05) is 19.1 Å². The first-order valence-corrected chi connectivity index (χ1v) is 13.2. The van der Waals surface area contributed by atoms with Crippen molar-refractivity contribution in [2.24, 2.45) is 5.92 Å².